The fourth-order valence-corrected chi connectivity index (χ4v) is 3.67. The molecule has 1 aliphatic heterocycles. The molecular weight excluding hydrogens is 368 g/mol. The molecule has 2 heterocycles. The van der Waals surface area contributed by atoms with Crippen molar-refractivity contribution in [2.24, 2.45) is 0 Å². The molecule has 0 aliphatic carbocycles. The Kier molecular flexibility index (Phi) is 4.72. The third-order valence-corrected chi connectivity index (χ3v) is 5.18. The van der Waals surface area contributed by atoms with E-state index in [0.29, 0.717) is 23.2 Å². The molecular formula is C22H20N4O3. The zero-order chi connectivity index (χ0) is 20.4. The summed E-state index contributed by atoms with van der Waals surface area (Å²) in [4.78, 5) is 43.5. The molecule has 7 nitrogen and oxygen atoms in total. The van der Waals surface area contributed by atoms with Gasteiger partial charge in [0.05, 0.1) is 11.2 Å². The highest BCUT2D eigenvalue weighted by Crippen LogP contribution is 2.32. The van der Waals surface area contributed by atoms with Gasteiger partial charge in [-0.15, -0.1) is 0 Å². The average molecular weight is 388 g/mol. The van der Waals surface area contributed by atoms with Gasteiger partial charge in [-0.3, -0.25) is 19.5 Å². The maximum Gasteiger partial charge on any atom is 0.325 e. The fourth-order valence-electron chi connectivity index (χ4n) is 3.67. The standard InChI is InChI=1S/C22H20N4O3/c1-2-22(16-10-4-3-5-11-16)20(28)26(21(29)25-22)14-18(27)24-17-12-6-8-15-9-7-13-23-19(15)17/h3-13H,2,14H2,1H3,(H,24,27)(H,25,29). The van der Waals surface area contributed by atoms with Gasteiger partial charge in [-0.25, -0.2) is 4.79 Å². The number of hydrogen-bond donors (Lipinski definition) is 2. The normalized spacial score (nSPS) is 18.7. The van der Waals surface area contributed by atoms with Crippen LogP contribution in [0.15, 0.2) is 66.9 Å². The number of aromatic nitrogens is 1. The number of imide groups is 1. The van der Waals surface area contributed by atoms with Crippen LogP contribution in [0.3, 0.4) is 0 Å². The third kappa shape index (κ3) is 3.20. The van der Waals surface area contributed by atoms with Crippen molar-refractivity contribution in [3.05, 3.63) is 72.4 Å². The molecule has 29 heavy (non-hydrogen) atoms. The van der Waals surface area contributed by atoms with Crippen molar-refractivity contribution in [1.82, 2.24) is 15.2 Å². The summed E-state index contributed by atoms with van der Waals surface area (Å²) in [5, 5.41) is 6.42. The fraction of sp³-hybridized carbons (Fsp3) is 0.182. The largest absolute Gasteiger partial charge is 0.325 e. The van der Waals surface area contributed by atoms with E-state index in [9.17, 15) is 14.4 Å². The number of benzene rings is 2. The molecule has 1 atom stereocenters. The van der Waals surface area contributed by atoms with Crippen molar-refractivity contribution < 1.29 is 14.4 Å². The predicted octanol–water partition coefficient (Wildman–Crippen LogP) is 3.03. The summed E-state index contributed by atoms with van der Waals surface area (Å²) < 4.78 is 0. The Morgan fingerprint density at radius 3 is 2.59 bits per heavy atom. The molecule has 0 spiro atoms. The maximum absolute atomic E-state index is 13.1. The van der Waals surface area contributed by atoms with Crippen LogP contribution >= 0.6 is 0 Å². The van der Waals surface area contributed by atoms with Crippen molar-refractivity contribution in [3.8, 4) is 0 Å². The van der Waals surface area contributed by atoms with Crippen LogP contribution in [0.25, 0.3) is 10.9 Å². The van der Waals surface area contributed by atoms with E-state index in [-0.39, 0.29) is 6.54 Å². The van der Waals surface area contributed by atoms with Crippen LogP contribution in [0.2, 0.25) is 0 Å². The second-order valence-corrected chi connectivity index (χ2v) is 6.88. The molecule has 3 aromatic rings. The number of hydrogen-bond acceptors (Lipinski definition) is 4. The zero-order valence-electron chi connectivity index (χ0n) is 15.9. The van der Waals surface area contributed by atoms with E-state index in [1.165, 1.54) is 0 Å². The zero-order valence-corrected chi connectivity index (χ0v) is 15.9. The Bertz CT molecular complexity index is 1090. The number of anilines is 1. The molecule has 0 bridgehead atoms. The van der Waals surface area contributed by atoms with E-state index < -0.39 is 23.4 Å². The van der Waals surface area contributed by atoms with E-state index in [0.717, 1.165) is 10.3 Å². The first-order chi connectivity index (χ1) is 14.0. The van der Waals surface area contributed by atoms with Crippen LogP contribution in [0, 0.1) is 0 Å². The van der Waals surface area contributed by atoms with Gasteiger partial charge in [0.25, 0.3) is 5.91 Å². The van der Waals surface area contributed by atoms with Gasteiger partial charge in [-0.05, 0) is 24.1 Å². The molecule has 1 aliphatic rings. The number of carbonyl (C=O) groups excluding carboxylic acids is 3. The highest BCUT2D eigenvalue weighted by Gasteiger charge is 2.51. The minimum atomic E-state index is -1.15. The van der Waals surface area contributed by atoms with Crippen molar-refractivity contribution in [3.63, 3.8) is 0 Å². The molecule has 146 valence electrons. The molecule has 1 unspecified atom stereocenters. The van der Waals surface area contributed by atoms with Gasteiger partial charge >= 0.3 is 6.03 Å². The molecule has 2 N–H and O–H groups in total. The number of carbonyl (C=O) groups is 3. The minimum Gasteiger partial charge on any atom is -0.323 e. The highest BCUT2D eigenvalue weighted by atomic mass is 16.2. The van der Waals surface area contributed by atoms with Crippen molar-refractivity contribution in [2.45, 2.75) is 18.9 Å². The lowest BCUT2D eigenvalue weighted by Crippen LogP contribution is -2.44. The van der Waals surface area contributed by atoms with E-state index in [1.54, 1.807) is 24.4 Å². The van der Waals surface area contributed by atoms with Gasteiger partial charge in [0.15, 0.2) is 0 Å². The third-order valence-electron chi connectivity index (χ3n) is 5.18. The lowest BCUT2D eigenvalue weighted by molar-refractivity contribution is -0.134. The maximum atomic E-state index is 13.1. The monoisotopic (exact) mass is 388 g/mol. The van der Waals surface area contributed by atoms with Gasteiger partial charge in [0.2, 0.25) is 5.91 Å². The molecule has 7 heteroatoms. The van der Waals surface area contributed by atoms with Crippen LogP contribution in [0.4, 0.5) is 10.5 Å². The first kappa shape index (κ1) is 18.6. The number of nitrogens with one attached hydrogen (secondary N) is 2. The van der Waals surface area contributed by atoms with Crippen molar-refractivity contribution >= 4 is 34.4 Å². The van der Waals surface area contributed by atoms with Crippen LogP contribution < -0.4 is 10.6 Å². The predicted molar refractivity (Wildman–Crippen MR) is 109 cm³/mol. The molecule has 0 saturated carbocycles. The molecule has 1 aromatic heterocycles. The summed E-state index contributed by atoms with van der Waals surface area (Å²) in [6, 6.07) is 17.6. The number of urea groups is 1. The lowest BCUT2D eigenvalue weighted by atomic mass is 9.87. The highest BCUT2D eigenvalue weighted by molar-refractivity contribution is 6.11. The average Bonchev–Trinajstić information content (AvgIpc) is 3.00. The smallest absolute Gasteiger partial charge is 0.323 e. The lowest BCUT2D eigenvalue weighted by Gasteiger charge is -2.25. The molecule has 4 rings (SSSR count). The number of pyridine rings is 1. The topological polar surface area (TPSA) is 91.4 Å². The van der Waals surface area contributed by atoms with Gasteiger partial charge in [-0.2, -0.15) is 0 Å². The second-order valence-electron chi connectivity index (χ2n) is 6.88. The Labute approximate surface area is 167 Å². The van der Waals surface area contributed by atoms with Crippen LogP contribution in [0.1, 0.15) is 18.9 Å². The van der Waals surface area contributed by atoms with E-state index in [1.807, 2.05) is 49.4 Å². The van der Waals surface area contributed by atoms with Crippen LogP contribution in [0.5, 0.6) is 0 Å². The van der Waals surface area contributed by atoms with E-state index in [4.69, 9.17) is 0 Å². The molecule has 4 amide bonds. The summed E-state index contributed by atoms with van der Waals surface area (Å²) in [6.07, 6.45) is 2.03. The Morgan fingerprint density at radius 2 is 1.83 bits per heavy atom. The second kappa shape index (κ2) is 7.35. The summed E-state index contributed by atoms with van der Waals surface area (Å²) in [5.41, 5.74) is 0.722. The number of rotatable bonds is 5. The summed E-state index contributed by atoms with van der Waals surface area (Å²) in [6.45, 7) is 1.46. The van der Waals surface area contributed by atoms with Gasteiger partial charge < -0.3 is 10.6 Å². The summed E-state index contributed by atoms with van der Waals surface area (Å²) in [5.74, 6) is -0.894. The van der Waals surface area contributed by atoms with Crippen molar-refractivity contribution in [2.75, 3.05) is 11.9 Å². The first-order valence-corrected chi connectivity index (χ1v) is 9.38. The summed E-state index contributed by atoms with van der Waals surface area (Å²) in [7, 11) is 0. The van der Waals surface area contributed by atoms with Gasteiger partial charge in [0, 0.05) is 11.6 Å². The number of nitrogens with zero attached hydrogens (tertiary/aromatic N) is 2. The first-order valence-electron chi connectivity index (χ1n) is 9.38. The Morgan fingerprint density at radius 1 is 1.07 bits per heavy atom. The molecule has 1 fully saturated rings. The molecule has 1 saturated heterocycles. The minimum absolute atomic E-state index is 0.373. The van der Waals surface area contributed by atoms with Gasteiger partial charge in [-0.1, -0.05) is 55.5 Å². The Balaban J connectivity index is 1.55. The van der Waals surface area contributed by atoms with E-state index in [2.05, 4.69) is 15.6 Å². The molecule has 2 aromatic carbocycles. The molecule has 0 radical (unpaired) electrons. The quantitative estimate of drug-likeness (QED) is 0.657. The van der Waals surface area contributed by atoms with Crippen molar-refractivity contribution in [1.29, 1.82) is 0 Å². The van der Waals surface area contributed by atoms with Crippen LogP contribution in [-0.4, -0.2) is 34.3 Å². The number of amides is 4. The SMILES string of the molecule is CCC1(c2ccccc2)NC(=O)N(CC(=O)Nc2cccc3cccnc23)C1=O. The van der Waals surface area contributed by atoms with E-state index >= 15 is 0 Å². The Hall–Kier alpha value is -3.74. The van der Waals surface area contributed by atoms with Crippen LogP contribution in [-0.2, 0) is 15.1 Å². The number of fused-ring (bicyclic) bond motifs is 1. The number of para-hydroxylation sites is 1. The summed E-state index contributed by atoms with van der Waals surface area (Å²) >= 11 is 0. The van der Waals surface area contributed by atoms with Gasteiger partial charge in [0.1, 0.15) is 12.1 Å².